The summed E-state index contributed by atoms with van der Waals surface area (Å²) in [4.78, 5) is 0. The number of aliphatic hydroxyl groups excluding tert-OH is 3. The molecule has 0 aliphatic rings. The number of aliphatic hydroxyl groups is 3. The molecule has 0 aliphatic heterocycles. The molecule has 3 nitrogen and oxygen atoms in total. The van der Waals surface area contributed by atoms with E-state index in [2.05, 4.69) is 0 Å². The van der Waals surface area contributed by atoms with E-state index in [9.17, 15) is 0 Å². The van der Waals surface area contributed by atoms with Crippen LogP contribution in [0.25, 0.3) is 0 Å². The van der Waals surface area contributed by atoms with Crippen molar-refractivity contribution in [3.8, 4) is 0 Å². The molecule has 0 unspecified atom stereocenters. The first-order valence-corrected chi connectivity index (χ1v) is 2.67. The molecule has 0 aliphatic carbocycles. The Morgan fingerprint density at radius 2 is 1.56 bits per heavy atom. The van der Waals surface area contributed by atoms with Crippen LogP contribution in [0.5, 0.6) is 0 Å². The van der Waals surface area contributed by atoms with E-state index >= 15 is 0 Å². The molecule has 0 saturated carbocycles. The van der Waals surface area contributed by atoms with E-state index in [1.54, 1.807) is 0 Å². The minimum absolute atomic E-state index is 0. The largest absolute Gasteiger partial charge is 2.00 e. The predicted octanol–water partition coefficient (Wildman–Crippen LogP) is -1.19. The Labute approximate surface area is 73.8 Å². The number of rotatable bonds is 4. The third-order valence-corrected chi connectivity index (χ3v) is 1.05. The first-order valence-electron chi connectivity index (χ1n) is 2.67. The molecule has 0 fully saturated rings. The topological polar surface area (TPSA) is 60.7 Å². The summed E-state index contributed by atoms with van der Waals surface area (Å²) in [7, 11) is 0. The van der Waals surface area contributed by atoms with Gasteiger partial charge in [0.1, 0.15) is 0 Å². The van der Waals surface area contributed by atoms with Crippen molar-refractivity contribution < 1.29 is 18.2 Å². The average molecular weight is 146 g/mol. The third-order valence-electron chi connectivity index (χ3n) is 1.05. The zero-order chi connectivity index (χ0) is 6.41. The number of hydrogen-bond donors (Lipinski definition) is 3. The van der Waals surface area contributed by atoms with Crippen LogP contribution in [0.3, 0.4) is 0 Å². The van der Waals surface area contributed by atoms with Crippen molar-refractivity contribution in [2.45, 2.75) is 6.42 Å². The van der Waals surface area contributed by atoms with Crippen LogP contribution in [0, 0.1) is 5.92 Å². The van der Waals surface area contributed by atoms with Crippen molar-refractivity contribution >= 4 is 23.1 Å². The Balaban J connectivity index is -0.0000000817. The SMILES string of the molecule is OCCC(CO)CO.[H-].[H-].[Mg+2]. The Hall–Kier alpha value is 0.646. The molecule has 0 heterocycles. The van der Waals surface area contributed by atoms with E-state index in [0.717, 1.165) is 0 Å². The molecular weight excluding hydrogens is 132 g/mol. The van der Waals surface area contributed by atoms with Gasteiger partial charge in [0, 0.05) is 25.7 Å². The molecule has 0 radical (unpaired) electrons. The maximum Gasteiger partial charge on any atom is 2.00 e. The fraction of sp³-hybridized carbons (Fsp3) is 1.00. The van der Waals surface area contributed by atoms with Crippen LogP contribution in [-0.4, -0.2) is 58.2 Å². The normalized spacial score (nSPS) is 9.33. The van der Waals surface area contributed by atoms with Gasteiger partial charge in [-0.1, -0.05) is 0 Å². The van der Waals surface area contributed by atoms with Crippen LogP contribution >= 0.6 is 0 Å². The smallest absolute Gasteiger partial charge is 1.00 e. The molecule has 4 heteroatoms. The van der Waals surface area contributed by atoms with E-state index in [4.69, 9.17) is 15.3 Å². The van der Waals surface area contributed by atoms with Crippen molar-refractivity contribution in [2.24, 2.45) is 5.92 Å². The van der Waals surface area contributed by atoms with E-state index in [-0.39, 0.29) is 51.6 Å². The van der Waals surface area contributed by atoms with E-state index in [1.807, 2.05) is 0 Å². The zero-order valence-corrected chi connectivity index (χ0v) is 6.87. The van der Waals surface area contributed by atoms with Crippen LogP contribution < -0.4 is 0 Å². The molecule has 54 valence electrons. The molecule has 0 amide bonds. The summed E-state index contributed by atoms with van der Waals surface area (Å²) in [6.07, 6.45) is 0.479. The second-order valence-electron chi connectivity index (χ2n) is 1.74. The van der Waals surface area contributed by atoms with Gasteiger partial charge in [-0.05, 0) is 6.42 Å². The fourth-order valence-corrected chi connectivity index (χ4v) is 0.423. The van der Waals surface area contributed by atoms with Crippen molar-refractivity contribution in [1.82, 2.24) is 0 Å². The molecule has 9 heavy (non-hydrogen) atoms. The molecule has 0 rings (SSSR count). The first-order chi connectivity index (χ1) is 3.85. The first kappa shape index (κ1) is 12.3. The monoisotopic (exact) mass is 146 g/mol. The van der Waals surface area contributed by atoms with Gasteiger partial charge in [-0.15, -0.1) is 0 Å². The molecule has 0 aromatic heterocycles. The summed E-state index contributed by atoms with van der Waals surface area (Å²) in [5, 5.41) is 25.0. The van der Waals surface area contributed by atoms with E-state index in [0.29, 0.717) is 6.42 Å². The van der Waals surface area contributed by atoms with Crippen LogP contribution in [0.4, 0.5) is 0 Å². The molecule has 0 bridgehead atoms. The van der Waals surface area contributed by atoms with Gasteiger partial charge < -0.3 is 18.2 Å². The van der Waals surface area contributed by atoms with Gasteiger partial charge in [-0.2, -0.15) is 0 Å². The van der Waals surface area contributed by atoms with Crippen molar-refractivity contribution in [3.63, 3.8) is 0 Å². The molecule has 0 aromatic carbocycles. The Morgan fingerprint density at radius 3 is 1.67 bits per heavy atom. The van der Waals surface area contributed by atoms with E-state index < -0.39 is 0 Å². The van der Waals surface area contributed by atoms with Crippen LogP contribution in [0.2, 0.25) is 0 Å². The molecular formula is C5H14MgO3. The summed E-state index contributed by atoms with van der Waals surface area (Å²) >= 11 is 0. The van der Waals surface area contributed by atoms with Gasteiger partial charge in [-0.25, -0.2) is 0 Å². The minimum Gasteiger partial charge on any atom is -1.00 e. The molecule has 0 saturated heterocycles. The van der Waals surface area contributed by atoms with Gasteiger partial charge in [0.25, 0.3) is 0 Å². The quantitative estimate of drug-likeness (QED) is 0.437. The number of hydrogen-bond acceptors (Lipinski definition) is 3. The second-order valence-corrected chi connectivity index (χ2v) is 1.74. The Morgan fingerprint density at radius 1 is 1.11 bits per heavy atom. The maximum atomic E-state index is 8.39. The summed E-state index contributed by atoms with van der Waals surface area (Å²) in [5.41, 5.74) is 0. The molecule has 0 aromatic rings. The standard InChI is InChI=1S/C5H12O3.Mg.2H/c6-2-1-5(3-7)4-8;;;/h5-8H,1-4H2;;;/q;+2;2*-1. The summed E-state index contributed by atoms with van der Waals surface area (Å²) < 4.78 is 0. The minimum atomic E-state index is -0.139. The third kappa shape index (κ3) is 6.53. The zero-order valence-electron chi connectivity index (χ0n) is 7.45. The fourth-order valence-electron chi connectivity index (χ4n) is 0.423. The van der Waals surface area contributed by atoms with Gasteiger partial charge in [0.05, 0.1) is 0 Å². The molecule has 0 spiro atoms. The van der Waals surface area contributed by atoms with Gasteiger partial charge in [-0.3, -0.25) is 0 Å². The Bertz CT molecular complexity index is 55.0. The average Bonchev–Trinajstić information content (AvgIpc) is 1.83. The Kier molecular flexibility index (Phi) is 11.8. The van der Waals surface area contributed by atoms with Crippen molar-refractivity contribution in [2.75, 3.05) is 19.8 Å². The van der Waals surface area contributed by atoms with Crippen LogP contribution in [-0.2, 0) is 0 Å². The summed E-state index contributed by atoms with van der Waals surface area (Å²) in [6, 6.07) is 0. The molecule has 3 N–H and O–H groups in total. The van der Waals surface area contributed by atoms with Gasteiger partial charge >= 0.3 is 23.1 Å². The summed E-state index contributed by atoms with van der Waals surface area (Å²) in [5.74, 6) is -0.139. The van der Waals surface area contributed by atoms with Crippen molar-refractivity contribution in [1.29, 1.82) is 0 Å². The predicted molar refractivity (Wildman–Crippen MR) is 37.3 cm³/mol. The second kappa shape index (κ2) is 8.65. The van der Waals surface area contributed by atoms with Crippen LogP contribution in [0.1, 0.15) is 9.27 Å². The molecule has 0 atom stereocenters. The van der Waals surface area contributed by atoms with Crippen LogP contribution in [0.15, 0.2) is 0 Å². The maximum absolute atomic E-state index is 8.39. The van der Waals surface area contributed by atoms with Gasteiger partial charge in [0.15, 0.2) is 0 Å². The van der Waals surface area contributed by atoms with Crippen molar-refractivity contribution in [3.05, 3.63) is 0 Å². The van der Waals surface area contributed by atoms with Gasteiger partial charge in [0.2, 0.25) is 0 Å². The summed E-state index contributed by atoms with van der Waals surface area (Å²) in [6.45, 7) is -0.0556. The van der Waals surface area contributed by atoms with E-state index in [1.165, 1.54) is 0 Å².